The van der Waals surface area contributed by atoms with E-state index in [1.807, 2.05) is 0 Å². The molecule has 1 saturated carbocycles. The van der Waals surface area contributed by atoms with Gasteiger partial charge in [-0.1, -0.05) is 18.2 Å². The Kier molecular flexibility index (Phi) is 7.45. The number of amides is 1. The Bertz CT molecular complexity index is 1100. The molecule has 8 nitrogen and oxygen atoms in total. The molecule has 0 spiro atoms. The number of rotatable bonds is 8. The summed E-state index contributed by atoms with van der Waals surface area (Å²) in [5, 5.41) is 0.309. The number of hydrogen-bond acceptors (Lipinski definition) is 6. The van der Waals surface area contributed by atoms with Gasteiger partial charge in [0.1, 0.15) is 6.17 Å². The van der Waals surface area contributed by atoms with E-state index in [0.717, 1.165) is 17.5 Å². The number of benzene rings is 1. The van der Waals surface area contributed by atoms with E-state index in [0.29, 0.717) is 17.0 Å². The number of nitrogens with one attached hydrogen (secondary N) is 1. The molecule has 1 fully saturated rings. The van der Waals surface area contributed by atoms with E-state index in [1.165, 1.54) is 28.0 Å². The van der Waals surface area contributed by atoms with Gasteiger partial charge in [0, 0.05) is 12.6 Å². The zero-order valence-corrected chi connectivity index (χ0v) is 19.8. The van der Waals surface area contributed by atoms with Gasteiger partial charge in [-0.05, 0) is 44.7 Å². The van der Waals surface area contributed by atoms with Gasteiger partial charge in [-0.15, -0.1) is 0 Å². The van der Waals surface area contributed by atoms with Gasteiger partial charge < -0.3 is 0 Å². The summed E-state index contributed by atoms with van der Waals surface area (Å²) >= 11 is 0. The molecule has 1 aromatic heterocycles. The van der Waals surface area contributed by atoms with Crippen LogP contribution < -0.4 is 4.72 Å². The predicted molar refractivity (Wildman–Crippen MR) is 118 cm³/mol. The van der Waals surface area contributed by atoms with Crippen LogP contribution in [-0.2, 0) is 26.1 Å². The third-order valence-corrected chi connectivity index (χ3v) is 7.80. The number of carbonyl (C=O) groups excluding carboxylic acids is 1. The Hall–Kier alpha value is -2.50. The number of aromatic nitrogens is 2. The SMILES string of the molecule is CON(C)C(=O)[C@@]1(Cc2cccc(-c3ncc(F)cn3)c2)C[C@H](F)[C@H](NS(=O)(=O)C(C)C)C1. The lowest BCUT2D eigenvalue weighted by molar-refractivity contribution is -0.180. The molecule has 1 amide bonds. The summed E-state index contributed by atoms with van der Waals surface area (Å²) in [6, 6.07) is 6.01. The molecule has 0 radical (unpaired) electrons. The van der Waals surface area contributed by atoms with Crippen molar-refractivity contribution in [2.24, 2.45) is 5.41 Å². The molecule has 2 aromatic rings. The molecule has 11 heteroatoms. The Morgan fingerprint density at radius 2 is 1.97 bits per heavy atom. The van der Waals surface area contributed by atoms with Crippen LogP contribution in [0, 0.1) is 11.2 Å². The maximum absolute atomic E-state index is 15.1. The molecule has 3 rings (SSSR count). The van der Waals surface area contributed by atoms with Gasteiger partial charge >= 0.3 is 0 Å². The van der Waals surface area contributed by atoms with Gasteiger partial charge in [-0.3, -0.25) is 9.63 Å². The van der Waals surface area contributed by atoms with Crippen molar-refractivity contribution < 1.29 is 26.8 Å². The normalized spacial score (nSPS) is 23.1. The molecule has 0 unspecified atom stereocenters. The highest BCUT2D eigenvalue weighted by atomic mass is 32.2. The van der Waals surface area contributed by atoms with Crippen LogP contribution in [0.4, 0.5) is 8.78 Å². The van der Waals surface area contributed by atoms with Crippen molar-refractivity contribution >= 4 is 15.9 Å². The van der Waals surface area contributed by atoms with E-state index in [-0.39, 0.29) is 19.3 Å². The van der Waals surface area contributed by atoms with Crippen molar-refractivity contribution in [2.45, 2.75) is 50.6 Å². The molecular weight excluding hydrogens is 454 g/mol. The highest BCUT2D eigenvalue weighted by Gasteiger charge is 2.53. The monoisotopic (exact) mass is 482 g/mol. The second kappa shape index (κ2) is 9.78. The zero-order valence-electron chi connectivity index (χ0n) is 19.0. The number of hydroxylamine groups is 2. The number of hydrogen-bond donors (Lipinski definition) is 1. The van der Waals surface area contributed by atoms with Crippen molar-refractivity contribution in [2.75, 3.05) is 14.2 Å². The quantitative estimate of drug-likeness (QED) is 0.581. The van der Waals surface area contributed by atoms with Gasteiger partial charge in [-0.25, -0.2) is 37.0 Å². The third kappa shape index (κ3) is 5.53. The second-order valence-electron chi connectivity index (χ2n) is 8.61. The van der Waals surface area contributed by atoms with E-state index in [2.05, 4.69) is 14.7 Å². The van der Waals surface area contributed by atoms with E-state index in [9.17, 15) is 17.6 Å². The topological polar surface area (TPSA) is 101 Å². The maximum Gasteiger partial charge on any atom is 0.252 e. The molecule has 3 atom stereocenters. The minimum atomic E-state index is -3.73. The van der Waals surface area contributed by atoms with E-state index in [4.69, 9.17) is 4.84 Å². The fraction of sp³-hybridized carbons (Fsp3) is 0.500. The molecule has 1 heterocycles. The first-order chi connectivity index (χ1) is 15.5. The fourth-order valence-corrected chi connectivity index (χ4v) is 5.02. The minimum Gasteiger partial charge on any atom is -0.275 e. The third-order valence-electron chi connectivity index (χ3n) is 5.93. The standard InChI is InChI=1S/C22H28F2N4O4S/c1-14(2)33(30,31)27-19-11-22(10-18(19)24,21(29)28(3)32-4)9-15-6-5-7-16(8-15)20-25-12-17(23)13-26-20/h5-8,12-14,18-19,27H,9-11H2,1-4H3/t18-,19+,22-/m0/s1. The van der Waals surface area contributed by atoms with E-state index >= 15 is 4.39 Å². The molecule has 1 aromatic carbocycles. The van der Waals surface area contributed by atoms with Crippen molar-refractivity contribution in [3.8, 4) is 11.4 Å². The van der Waals surface area contributed by atoms with Crippen LogP contribution in [0.15, 0.2) is 36.7 Å². The predicted octanol–water partition coefficient (Wildman–Crippen LogP) is 2.66. The van der Waals surface area contributed by atoms with Crippen LogP contribution in [0.3, 0.4) is 0 Å². The molecular formula is C22H28F2N4O4S. The average Bonchev–Trinajstić information content (AvgIpc) is 3.08. The van der Waals surface area contributed by atoms with Gasteiger partial charge in [-0.2, -0.15) is 0 Å². The molecule has 0 saturated heterocycles. The molecule has 1 aliphatic rings. The lowest BCUT2D eigenvalue weighted by Gasteiger charge is -2.31. The van der Waals surface area contributed by atoms with Crippen molar-refractivity contribution in [1.29, 1.82) is 0 Å². The van der Waals surface area contributed by atoms with Crippen molar-refractivity contribution in [3.63, 3.8) is 0 Å². The lowest BCUT2D eigenvalue weighted by atomic mass is 9.78. The van der Waals surface area contributed by atoms with Crippen molar-refractivity contribution in [1.82, 2.24) is 19.8 Å². The molecule has 0 aliphatic heterocycles. The summed E-state index contributed by atoms with van der Waals surface area (Å²) in [5.74, 6) is -0.691. The number of alkyl halides is 1. The van der Waals surface area contributed by atoms with E-state index < -0.39 is 44.6 Å². The number of sulfonamides is 1. The lowest BCUT2D eigenvalue weighted by Crippen LogP contribution is -2.44. The summed E-state index contributed by atoms with van der Waals surface area (Å²) in [6.45, 7) is 3.01. The zero-order chi connectivity index (χ0) is 24.4. The summed E-state index contributed by atoms with van der Waals surface area (Å²) in [4.78, 5) is 26.3. The van der Waals surface area contributed by atoms with Crippen molar-refractivity contribution in [3.05, 3.63) is 48.0 Å². The van der Waals surface area contributed by atoms with Crippen LogP contribution in [0.25, 0.3) is 11.4 Å². The fourth-order valence-electron chi connectivity index (χ4n) is 4.09. The highest BCUT2D eigenvalue weighted by Crippen LogP contribution is 2.44. The van der Waals surface area contributed by atoms with Crippen LogP contribution >= 0.6 is 0 Å². The van der Waals surface area contributed by atoms with Gasteiger partial charge in [0.2, 0.25) is 10.0 Å². The first kappa shape index (κ1) is 25.1. The maximum atomic E-state index is 15.1. The Morgan fingerprint density at radius 1 is 1.30 bits per heavy atom. The molecule has 33 heavy (non-hydrogen) atoms. The molecule has 180 valence electrons. The first-order valence-electron chi connectivity index (χ1n) is 10.5. The summed E-state index contributed by atoms with van der Waals surface area (Å²) < 4.78 is 55.4. The van der Waals surface area contributed by atoms with Crippen LogP contribution in [0.5, 0.6) is 0 Å². The highest BCUT2D eigenvalue weighted by molar-refractivity contribution is 7.90. The van der Waals surface area contributed by atoms with Crippen LogP contribution in [-0.4, -0.2) is 61.0 Å². The van der Waals surface area contributed by atoms with Crippen LogP contribution in [0.2, 0.25) is 0 Å². The second-order valence-corrected chi connectivity index (χ2v) is 10.9. The Labute approximate surface area is 192 Å². The Morgan fingerprint density at radius 3 is 2.58 bits per heavy atom. The molecule has 1 aliphatic carbocycles. The van der Waals surface area contributed by atoms with Gasteiger partial charge in [0.25, 0.3) is 5.91 Å². The number of halogens is 2. The number of carbonyl (C=O) groups is 1. The average molecular weight is 483 g/mol. The smallest absolute Gasteiger partial charge is 0.252 e. The first-order valence-corrected chi connectivity index (χ1v) is 12.1. The van der Waals surface area contributed by atoms with Gasteiger partial charge in [0.15, 0.2) is 11.6 Å². The van der Waals surface area contributed by atoms with E-state index in [1.54, 1.807) is 24.3 Å². The summed E-state index contributed by atoms with van der Waals surface area (Å²) in [6.07, 6.45) is 0.533. The Balaban J connectivity index is 1.93. The summed E-state index contributed by atoms with van der Waals surface area (Å²) in [7, 11) is -0.960. The van der Waals surface area contributed by atoms with Crippen LogP contribution in [0.1, 0.15) is 32.3 Å². The minimum absolute atomic E-state index is 0.0239. The molecule has 0 bridgehead atoms. The number of nitrogens with zero attached hydrogens (tertiary/aromatic N) is 3. The summed E-state index contributed by atoms with van der Waals surface area (Å²) in [5.41, 5.74) is 0.0938. The van der Waals surface area contributed by atoms with Gasteiger partial charge in [0.05, 0.1) is 36.2 Å². The molecule has 1 N–H and O–H groups in total. The largest absolute Gasteiger partial charge is 0.275 e.